The third-order valence-corrected chi connectivity index (χ3v) is 5.72. The van der Waals surface area contributed by atoms with Crippen LogP contribution in [0.25, 0.3) is 22.3 Å². The molecule has 5 heteroatoms. The molecule has 0 aliphatic rings. The van der Waals surface area contributed by atoms with E-state index in [4.69, 9.17) is 18.9 Å². The summed E-state index contributed by atoms with van der Waals surface area (Å²) in [6, 6.07) is 15.0. The highest BCUT2D eigenvalue weighted by Gasteiger charge is 2.24. The molecule has 0 atom stereocenters. The zero-order valence-electron chi connectivity index (χ0n) is 22.3. The fourth-order valence-corrected chi connectivity index (χ4v) is 3.80. The van der Waals surface area contributed by atoms with Crippen molar-refractivity contribution in [2.24, 2.45) is 0 Å². The Balaban J connectivity index is 2.19. The second-order valence-electron chi connectivity index (χ2n) is 9.08. The van der Waals surface area contributed by atoms with Crippen LogP contribution < -0.4 is 18.9 Å². The molecule has 0 bridgehead atoms. The summed E-state index contributed by atoms with van der Waals surface area (Å²) in [5.41, 5.74) is 6.80. The predicted molar refractivity (Wildman–Crippen MR) is 147 cm³/mol. The standard InChI is InChI=1S/C31H36O5/c1-20(2)14-16-35-27-13-10-24(18-22(27)5)29-28(33-6)19-26(23-8-11-25(32)12-9-23)30(34-7)31(29)36-17-15-21(3)4/h8-15,18-19,32H,16-17H2,1-7H3. The van der Waals surface area contributed by atoms with Crippen LogP contribution in [0, 0.1) is 6.92 Å². The number of phenolic OH excluding ortho intramolecular Hbond substituents is 1. The zero-order chi connectivity index (χ0) is 26.2. The molecule has 0 aliphatic heterocycles. The van der Waals surface area contributed by atoms with Crippen LogP contribution in [-0.2, 0) is 0 Å². The number of benzene rings is 3. The molecule has 3 aromatic carbocycles. The zero-order valence-corrected chi connectivity index (χ0v) is 22.3. The molecular formula is C31H36O5. The van der Waals surface area contributed by atoms with E-state index in [0.29, 0.717) is 30.5 Å². The van der Waals surface area contributed by atoms with Gasteiger partial charge in [0.1, 0.15) is 30.5 Å². The Kier molecular flexibility index (Phi) is 9.07. The van der Waals surface area contributed by atoms with E-state index in [9.17, 15) is 5.11 Å². The van der Waals surface area contributed by atoms with Crippen molar-refractivity contribution in [1.29, 1.82) is 0 Å². The number of ether oxygens (including phenoxy) is 4. The van der Waals surface area contributed by atoms with Gasteiger partial charge in [-0.25, -0.2) is 0 Å². The van der Waals surface area contributed by atoms with Crippen LogP contribution in [0.2, 0.25) is 0 Å². The minimum atomic E-state index is 0.198. The Bertz CT molecular complexity index is 1240. The number of phenols is 1. The summed E-state index contributed by atoms with van der Waals surface area (Å²) in [5.74, 6) is 2.87. The second kappa shape index (κ2) is 12.2. The number of hydrogen-bond acceptors (Lipinski definition) is 5. The minimum Gasteiger partial charge on any atom is -0.508 e. The Hall–Kier alpha value is -3.86. The maximum absolute atomic E-state index is 9.78. The average molecular weight is 489 g/mol. The van der Waals surface area contributed by atoms with Gasteiger partial charge < -0.3 is 24.1 Å². The van der Waals surface area contributed by atoms with Crippen molar-refractivity contribution >= 4 is 0 Å². The number of hydrogen-bond donors (Lipinski definition) is 1. The topological polar surface area (TPSA) is 57.2 Å². The molecule has 3 rings (SSSR count). The van der Waals surface area contributed by atoms with Crippen molar-refractivity contribution in [1.82, 2.24) is 0 Å². The summed E-state index contributed by atoms with van der Waals surface area (Å²) in [4.78, 5) is 0. The quantitative estimate of drug-likeness (QED) is 0.296. The predicted octanol–water partition coefficient (Wildman–Crippen LogP) is 7.74. The first kappa shape index (κ1) is 26.7. The van der Waals surface area contributed by atoms with Crippen molar-refractivity contribution in [2.45, 2.75) is 34.6 Å². The lowest BCUT2D eigenvalue weighted by Gasteiger charge is -2.22. The molecule has 0 radical (unpaired) electrons. The number of rotatable bonds is 10. The van der Waals surface area contributed by atoms with E-state index in [1.807, 2.05) is 57.2 Å². The summed E-state index contributed by atoms with van der Waals surface area (Å²) in [6.07, 6.45) is 4.08. The first-order valence-electron chi connectivity index (χ1n) is 12.0. The third-order valence-electron chi connectivity index (χ3n) is 5.72. The van der Waals surface area contributed by atoms with Gasteiger partial charge in [-0.1, -0.05) is 29.3 Å². The lowest BCUT2D eigenvalue weighted by molar-refractivity contribution is 0.324. The number of aromatic hydroxyl groups is 1. The van der Waals surface area contributed by atoms with Gasteiger partial charge in [-0.2, -0.15) is 0 Å². The lowest BCUT2D eigenvalue weighted by Crippen LogP contribution is -2.03. The van der Waals surface area contributed by atoms with E-state index in [1.165, 1.54) is 5.57 Å². The molecule has 0 fully saturated rings. The first-order chi connectivity index (χ1) is 17.2. The lowest BCUT2D eigenvalue weighted by atomic mass is 9.95. The molecular weight excluding hydrogens is 452 g/mol. The number of aryl methyl sites for hydroxylation is 1. The first-order valence-corrected chi connectivity index (χ1v) is 12.0. The number of allylic oxidation sites excluding steroid dienone is 2. The summed E-state index contributed by atoms with van der Waals surface area (Å²) >= 11 is 0. The van der Waals surface area contributed by atoms with Crippen LogP contribution in [0.15, 0.2) is 71.8 Å². The molecule has 0 saturated carbocycles. The van der Waals surface area contributed by atoms with Crippen LogP contribution in [0.3, 0.4) is 0 Å². The molecule has 3 aromatic rings. The summed E-state index contributed by atoms with van der Waals surface area (Å²) in [6.45, 7) is 11.1. The molecule has 0 amide bonds. The van der Waals surface area contributed by atoms with E-state index in [1.54, 1.807) is 26.4 Å². The van der Waals surface area contributed by atoms with E-state index in [-0.39, 0.29) is 5.75 Å². The molecule has 0 unspecified atom stereocenters. The molecule has 0 aliphatic carbocycles. The Morgan fingerprint density at radius 1 is 0.722 bits per heavy atom. The molecule has 0 heterocycles. The van der Waals surface area contributed by atoms with Crippen molar-refractivity contribution in [2.75, 3.05) is 27.4 Å². The van der Waals surface area contributed by atoms with Gasteiger partial charge in [0.2, 0.25) is 0 Å². The maximum Gasteiger partial charge on any atom is 0.173 e. The fraction of sp³-hybridized carbons (Fsp3) is 0.290. The Labute approximate surface area is 214 Å². The Morgan fingerprint density at radius 3 is 1.89 bits per heavy atom. The smallest absolute Gasteiger partial charge is 0.173 e. The van der Waals surface area contributed by atoms with Gasteiger partial charge in [-0.15, -0.1) is 0 Å². The highest BCUT2D eigenvalue weighted by Crippen LogP contribution is 2.50. The van der Waals surface area contributed by atoms with Crippen LogP contribution >= 0.6 is 0 Å². The molecule has 190 valence electrons. The van der Waals surface area contributed by atoms with Crippen molar-refractivity contribution in [3.8, 4) is 51.0 Å². The fourth-order valence-electron chi connectivity index (χ4n) is 3.80. The van der Waals surface area contributed by atoms with Crippen LogP contribution in [0.5, 0.6) is 28.7 Å². The van der Waals surface area contributed by atoms with E-state index in [2.05, 4.69) is 26.0 Å². The van der Waals surface area contributed by atoms with Crippen molar-refractivity contribution < 1.29 is 24.1 Å². The molecule has 0 saturated heterocycles. The van der Waals surface area contributed by atoms with Gasteiger partial charge >= 0.3 is 0 Å². The molecule has 1 N–H and O–H groups in total. The molecule has 0 spiro atoms. The van der Waals surface area contributed by atoms with Crippen LogP contribution in [0.4, 0.5) is 0 Å². The van der Waals surface area contributed by atoms with E-state index >= 15 is 0 Å². The van der Waals surface area contributed by atoms with Crippen molar-refractivity contribution in [3.63, 3.8) is 0 Å². The molecule has 36 heavy (non-hydrogen) atoms. The Morgan fingerprint density at radius 2 is 1.33 bits per heavy atom. The van der Waals surface area contributed by atoms with Gasteiger partial charge in [-0.3, -0.25) is 0 Å². The minimum absolute atomic E-state index is 0.198. The van der Waals surface area contributed by atoms with Gasteiger partial charge in [0.05, 0.1) is 19.8 Å². The summed E-state index contributed by atoms with van der Waals surface area (Å²) in [5, 5.41) is 9.78. The van der Waals surface area contributed by atoms with Crippen LogP contribution in [0.1, 0.15) is 33.3 Å². The molecule has 5 nitrogen and oxygen atoms in total. The second-order valence-corrected chi connectivity index (χ2v) is 9.08. The van der Waals surface area contributed by atoms with Gasteiger partial charge in [-0.05, 0) is 93.8 Å². The van der Waals surface area contributed by atoms with Gasteiger partial charge in [0.15, 0.2) is 11.5 Å². The molecule has 0 aromatic heterocycles. The summed E-state index contributed by atoms with van der Waals surface area (Å²) < 4.78 is 24.1. The number of methoxy groups -OCH3 is 2. The highest BCUT2D eigenvalue weighted by atomic mass is 16.5. The van der Waals surface area contributed by atoms with Gasteiger partial charge in [0.25, 0.3) is 0 Å². The maximum atomic E-state index is 9.78. The highest BCUT2D eigenvalue weighted by molar-refractivity contribution is 5.88. The van der Waals surface area contributed by atoms with E-state index in [0.717, 1.165) is 39.1 Å². The summed E-state index contributed by atoms with van der Waals surface area (Å²) in [7, 11) is 3.28. The monoisotopic (exact) mass is 488 g/mol. The van der Waals surface area contributed by atoms with Crippen LogP contribution in [-0.4, -0.2) is 32.5 Å². The normalized spacial score (nSPS) is 10.4. The average Bonchev–Trinajstić information content (AvgIpc) is 2.84. The van der Waals surface area contributed by atoms with Gasteiger partial charge in [0, 0.05) is 5.56 Å². The largest absolute Gasteiger partial charge is 0.508 e. The van der Waals surface area contributed by atoms with E-state index < -0.39 is 0 Å². The van der Waals surface area contributed by atoms with Crippen molar-refractivity contribution in [3.05, 3.63) is 77.4 Å². The third kappa shape index (κ3) is 6.42. The SMILES string of the molecule is COc1cc(-c2ccc(O)cc2)c(OC)c(OCC=C(C)C)c1-c1ccc(OCC=C(C)C)c(C)c1.